The summed E-state index contributed by atoms with van der Waals surface area (Å²) in [5.41, 5.74) is 1.30. The fraction of sp³-hybridized carbons (Fsp3) is 0.185. The number of carbonyl (C=O) groups is 2. The van der Waals surface area contributed by atoms with Gasteiger partial charge in [-0.25, -0.2) is 0 Å². The number of nitro benzene ring substituents is 1. The number of hydrogen-bond donors (Lipinski definition) is 0. The Morgan fingerprint density at radius 3 is 2.51 bits per heavy atom. The van der Waals surface area contributed by atoms with E-state index in [0.29, 0.717) is 39.9 Å². The molecule has 0 aliphatic carbocycles. The molecule has 0 spiro atoms. The van der Waals surface area contributed by atoms with E-state index in [0.717, 1.165) is 11.8 Å². The number of nitro groups is 1. The van der Waals surface area contributed by atoms with Crippen LogP contribution in [-0.2, 0) is 11.4 Å². The molecule has 0 aromatic heterocycles. The van der Waals surface area contributed by atoms with E-state index < -0.39 is 4.92 Å². The van der Waals surface area contributed by atoms with Gasteiger partial charge in [-0.2, -0.15) is 0 Å². The van der Waals surface area contributed by atoms with Crippen molar-refractivity contribution < 1.29 is 28.7 Å². The average Bonchev–Trinajstić information content (AvgIpc) is 3.16. The fourth-order valence-corrected chi connectivity index (χ4v) is 4.40. The van der Waals surface area contributed by atoms with E-state index in [-0.39, 0.29) is 36.6 Å². The Labute approximate surface area is 217 Å². The Balaban J connectivity index is 1.42. The van der Waals surface area contributed by atoms with Crippen molar-refractivity contribution in [1.82, 2.24) is 4.90 Å². The number of carbonyl (C=O) groups excluding carboxylic acids is 2. The van der Waals surface area contributed by atoms with E-state index in [1.54, 1.807) is 48.5 Å². The first-order valence-electron chi connectivity index (χ1n) is 11.5. The molecule has 2 amide bonds. The Hall–Kier alpha value is -4.31. The van der Waals surface area contributed by atoms with Crippen LogP contribution in [0.25, 0.3) is 6.08 Å². The van der Waals surface area contributed by atoms with E-state index >= 15 is 0 Å². The van der Waals surface area contributed by atoms with Crippen molar-refractivity contribution in [2.24, 2.45) is 0 Å². The molecule has 1 aliphatic heterocycles. The zero-order valence-electron chi connectivity index (χ0n) is 20.0. The summed E-state index contributed by atoms with van der Waals surface area (Å²) in [5, 5.41) is 10.7. The minimum absolute atomic E-state index is 0.0120. The highest BCUT2D eigenvalue weighted by Crippen LogP contribution is 2.35. The summed E-state index contributed by atoms with van der Waals surface area (Å²) in [6.45, 7) is 2.67. The molecule has 1 heterocycles. The van der Waals surface area contributed by atoms with Gasteiger partial charge in [0, 0.05) is 12.1 Å². The number of thioether (sulfide) groups is 1. The van der Waals surface area contributed by atoms with Crippen LogP contribution in [0.3, 0.4) is 0 Å². The van der Waals surface area contributed by atoms with Crippen LogP contribution in [0, 0.1) is 10.1 Å². The lowest BCUT2D eigenvalue weighted by Crippen LogP contribution is -2.32. The number of ether oxygens (including phenoxy) is 3. The number of hydrogen-bond acceptors (Lipinski definition) is 8. The van der Waals surface area contributed by atoms with Gasteiger partial charge in [-0.3, -0.25) is 24.6 Å². The van der Waals surface area contributed by atoms with Crippen LogP contribution < -0.4 is 14.2 Å². The van der Waals surface area contributed by atoms with Crippen molar-refractivity contribution in [1.29, 1.82) is 0 Å². The zero-order valence-corrected chi connectivity index (χ0v) is 20.8. The predicted molar refractivity (Wildman–Crippen MR) is 140 cm³/mol. The summed E-state index contributed by atoms with van der Waals surface area (Å²) >= 11 is 0.873. The Morgan fingerprint density at radius 1 is 0.946 bits per heavy atom. The molecule has 1 saturated heterocycles. The van der Waals surface area contributed by atoms with E-state index in [1.165, 1.54) is 17.0 Å². The maximum atomic E-state index is 12.8. The molecule has 190 valence electrons. The summed E-state index contributed by atoms with van der Waals surface area (Å²) in [6, 6.07) is 20.6. The summed E-state index contributed by atoms with van der Waals surface area (Å²) < 4.78 is 17.2. The largest absolute Gasteiger partial charge is 0.492 e. The molecular formula is C27H24N2O7S. The van der Waals surface area contributed by atoms with Crippen LogP contribution in [0.4, 0.5) is 10.5 Å². The van der Waals surface area contributed by atoms with E-state index in [1.807, 2.05) is 25.1 Å². The zero-order chi connectivity index (χ0) is 26.2. The normalized spacial score (nSPS) is 14.2. The molecule has 9 nitrogen and oxygen atoms in total. The molecule has 10 heteroatoms. The smallest absolute Gasteiger partial charge is 0.293 e. The molecule has 1 aliphatic rings. The number of imide groups is 1. The van der Waals surface area contributed by atoms with E-state index in [2.05, 4.69) is 0 Å². The number of non-ortho nitro benzene ring substituents is 1. The van der Waals surface area contributed by atoms with Crippen LogP contribution in [-0.4, -0.2) is 40.7 Å². The fourth-order valence-electron chi connectivity index (χ4n) is 3.54. The van der Waals surface area contributed by atoms with Gasteiger partial charge in [-0.05, 0) is 60.2 Å². The molecular weight excluding hydrogens is 496 g/mol. The molecule has 0 radical (unpaired) electrons. The summed E-state index contributed by atoms with van der Waals surface area (Å²) in [6.07, 6.45) is 1.63. The lowest BCUT2D eigenvalue weighted by atomic mass is 10.1. The van der Waals surface area contributed by atoms with Gasteiger partial charge in [0.15, 0.2) is 11.5 Å². The maximum Gasteiger partial charge on any atom is 0.293 e. The Bertz CT molecular complexity index is 1330. The summed E-state index contributed by atoms with van der Waals surface area (Å²) in [4.78, 5) is 37.3. The van der Waals surface area contributed by atoms with Gasteiger partial charge in [0.05, 0.1) is 23.0 Å². The van der Waals surface area contributed by atoms with Crippen molar-refractivity contribution >= 4 is 34.7 Å². The van der Waals surface area contributed by atoms with Gasteiger partial charge in [-0.15, -0.1) is 0 Å². The second-order valence-corrected chi connectivity index (χ2v) is 8.84. The number of nitrogens with zero attached hydrogens (tertiary/aromatic N) is 2. The predicted octanol–water partition coefficient (Wildman–Crippen LogP) is 5.69. The minimum atomic E-state index is -0.456. The first kappa shape index (κ1) is 25.8. The topological polar surface area (TPSA) is 108 Å². The Kier molecular flexibility index (Phi) is 8.42. The van der Waals surface area contributed by atoms with Gasteiger partial charge >= 0.3 is 0 Å². The van der Waals surface area contributed by atoms with Gasteiger partial charge in [0.1, 0.15) is 19.0 Å². The maximum absolute atomic E-state index is 12.8. The molecule has 3 aromatic rings. The molecule has 3 aromatic carbocycles. The van der Waals surface area contributed by atoms with Crippen LogP contribution in [0.15, 0.2) is 77.7 Å². The molecule has 37 heavy (non-hydrogen) atoms. The third-order valence-electron chi connectivity index (χ3n) is 5.28. The lowest BCUT2D eigenvalue weighted by molar-refractivity contribution is -0.384. The quantitative estimate of drug-likeness (QED) is 0.180. The second-order valence-electron chi connectivity index (χ2n) is 7.85. The summed E-state index contributed by atoms with van der Waals surface area (Å²) in [7, 11) is 0. The van der Waals surface area contributed by atoms with E-state index in [9.17, 15) is 19.7 Å². The van der Waals surface area contributed by atoms with Crippen molar-refractivity contribution in [3.63, 3.8) is 0 Å². The standard InChI is InChI=1S/C27H24N2O7S/c1-2-34-24-16-19(11-12-23(24)36-18-20-7-6-8-21(15-20)29(32)33)17-25-26(30)28(27(31)37-25)13-14-35-22-9-4-3-5-10-22/h3-12,15-17H,2,13-14,18H2,1H3/b25-17-. The van der Waals surface area contributed by atoms with Crippen molar-refractivity contribution in [3.05, 3.63) is 98.9 Å². The second kappa shape index (κ2) is 12.1. The highest BCUT2D eigenvalue weighted by Gasteiger charge is 2.34. The number of amides is 2. The highest BCUT2D eigenvalue weighted by molar-refractivity contribution is 8.18. The van der Waals surface area contributed by atoms with Crippen LogP contribution in [0.1, 0.15) is 18.1 Å². The first-order valence-corrected chi connectivity index (χ1v) is 12.3. The van der Waals surface area contributed by atoms with Crippen molar-refractivity contribution in [2.75, 3.05) is 19.8 Å². The molecule has 0 atom stereocenters. The number of rotatable bonds is 11. The third kappa shape index (κ3) is 6.68. The Morgan fingerprint density at radius 2 is 1.76 bits per heavy atom. The number of benzene rings is 3. The molecule has 4 rings (SSSR count). The van der Waals surface area contributed by atoms with Gasteiger partial charge in [-0.1, -0.05) is 36.4 Å². The third-order valence-corrected chi connectivity index (χ3v) is 6.19. The molecule has 0 bridgehead atoms. The van der Waals surface area contributed by atoms with Gasteiger partial charge in [0.2, 0.25) is 0 Å². The van der Waals surface area contributed by atoms with Crippen molar-refractivity contribution in [2.45, 2.75) is 13.5 Å². The van der Waals surface area contributed by atoms with Crippen molar-refractivity contribution in [3.8, 4) is 17.2 Å². The molecule has 1 fully saturated rings. The minimum Gasteiger partial charge on any atom is -0.492 e. The van der Waals surface area contributed by atoms with Gasteiger partial charge in [0.25, 0.3) is 16.8 Å². The van der Waals surface area contributed by atoms with Crippen LogP contribution in [0.5, 0.6) is 17.2 Å². The van der Waals surface area contributed by atoms with Gasteiger partial charge < -0.3 is 14.2 Å². The average molecular weight is 521 g/mol. The molecule has 0 saturated carbocycles. The van der Waals surface area contributed by atoms with Crippen LogP contribution >= 0.6 is 11.8 Å². The SMILES string of the molecule is CCOc1cc(/C=C2\SC(=O)N(CCOc3ccccc3)C2=O)ccc1OCc1cccc([N+](=O)[O-])c1. The lowest BCUT2D eigenvalue weighted by Gasteiger charge is -2.13. The summed E-state index contributed by atoms with van der Waals surface area (Å²) in [5.74, 6) is 1.20. The van der Waals surface area contributed by atoms with Crippen LogP contribution in [0.2, 0.25) is 0 Å². The monoisotopic (exact) mass is 520 g/mol. The molecule has 0 unspecified atom stereocenters. The first-order chi connectivity index (χ1) is 17.9. The molecule has 0 N–H and O–H groups in total. The van der Waals surface area contributed by atoms with E-state index in [4.69, 9.17) is 14.2 Å². The highest BCUT2D eigenvalue weighted by atomic mass is 32.2. The number of para-hydroxylation sites is 1.